The molecule has 108 valence electrons. The second kappa shape index (κ2) is 6.90. The molecule has 0 unspecified atom stereocenters. The molecule has 7 heteroatoms. The zero-order valence-corrected chi connectivity index (χ0v) is 14.3. The summed E-state index contributed by atoms with van der Waals surface area (Å²) in [6.45, 7) is 0. The lowest BCUT2D eigenvalue weighted by atomic mass is 10.2. The van der Waals surface area contributed by atoms with E-state index in [1.54, 1.807) is 12.1 Å². The molecule has 0 spiro atoms. The number of hydrogen-bond donors (Lipinski definition) is 3. The minimum atomic E-state index is -0.407. The maximum atomic E-state index is 11.8. The Balaban J connectivity index is 2.09. The number of phenolic OH excluding ortho intramolecular Hbond substituents is 2. The number of nitrogens with one attached hydrogen (secondary N) is 1. The first kappa shape index (κ1) is 15.8. The predicted octanol–water partition coefficient (Wildman–Crippen LogP) is 3.23. The van der Waals surface area contributed by atoms with Gasteiger partial charge in [-0.05, 0) is 59.0 Å². The van der Waals surface area contributed by atoms with Crippen LogP contribution in [0.4, 0.5) is 0 Å². The van der Waals surface area contributed by atoms with Crippen molar-refractivity contribution in [2.24, 2.45) is 5.10 Å². The first-order valence-electron chi connectivity index (χ1n) is 5.78. The molecule has 0 saturated heterocycles. The van der Waals surface area contributed by atoms with Gasteiger partial charge in [0.2, 0.25) is 0 Å². The summed E-state index contributed by atoms with van der Waals surface area (Å²) in [5, 5.41) is 22.8. The normalized spacial score (nSPS) is 10.8. The van der Waals surface area contributed by atoms with Crippen molar-refractivity contribution in [3.05, 3.63) is 55.6 Å². The Bertz CT molecular complexity index is 702. The highest BCUT2D eigenvalue weighted by Gasteiger charge is 2.06. The number of carbonyl (C=O) groups excluding carboxylic acids is 1. The van der Waals surface area contributed by atoms with E-state index in [-0.39, 0.29) is 11.5 Å². The zero-order chi connectivity index (χ0) is 15.4. The molecule has 0 heterocycles. The standard InChI is InChI=1S/C14H10BrIN2O3/c15-10-5-9(13(20)12(16)6-10)7-17-18-14(21)8-1-3-11(19)4-2-8/h1-7,19-20H,(H,18,21)/b17-7-. The first-order chi connectivity index (χ1) is 9.97. The molecule has 0 fully saturated rings. The van der Waals surface area contributed by atoms with Crippen LogP contribution in [0, 0.1) is 3.57 Å². The van der Waals surface area contributed by atoms with Crippen molar-refractivity contribution < 1.29 is 15.0 Å². The number of rotatable bonds is 3. The van der Waals surface area contributed by atoms with Crippen LogP contribution in [0.15, 0.2) is 46.0 Å². The molecule has 1 amide bonds. The molecule has 0 radical (unpaired) electrons. The number of phenols is 2. The minimum Gasteiger partial charge on any atom is -0.508 e. The van der Waals surface area contributed by atoms with Gasteiger partial charge in [0.15, 0.2) is 0 Å². The number of carbonyl (C=O) groups is 1. The molecule has 2 aromatic rings. The van der Waals surface area contributed by atoms with Gasteiger partial charge in [-0.1, -0.05) is 15.9 Å². The van der Waals surface area contributed by atoms with E-state index in [9.17, 15) is 9.90 Å². The van der Waals surface area contributed by atoms with Crippen molar-refractivity contribution in [2.45, 2.75) is 0 Å². The lowest BCUT2D eigenvalue weighted by Gasteiger charge is -2.03. The third kappa shape index (κ3) is 4.18. The highest BCUT2D eigenvalue weighted by atomic mass is 127. The van der Waals surface area contributed by atoms with Gasteiger partial charge in [-0.15, -0.1) is 0 Å². The summed E-state index contributed by atoms with van der Waals surface area (Å²) in [4.78, 5) is 11.8. The second-order valence-corrected chi connectivity index (χ2v) is 6.15. The number of nitrogens with zero attached hydrogens (tertiary/aromatic N) is 1. The molecule has 2 rings (SSSR count). The molecule has 0 bridgehead atoms. The Morgan fingerprint density at radius 1 is 1.24 bits per heavy atom. The Hall–Kier alpha value is -1.61. The maximum absolute atomic E-state index is 11.8. The maximum Gasteiger partial charge on any atom is 0.271 e. The lowest BCUT2D eigenvalue weighted by molar-refractivity contribution is 0.0955. The summed E-state index contributed by atoms with van der Waals surface area (Å²) in [6, 6.07) is 9.26. The van der Waals surface area contributed by atoms with Crippen LogP contribution in [0.3, 0.4) is 0 Å². The molecule has 5 nitrogen and oxygen atoms in total. The zero-order valence-electron chi connectivity index (χ0n) is 10.5. The molecule has 21 heavy (non-hydrogen) atoms. The number of hydrazone groups is 1. The van der Waals surface area contributed by atoms with Crippen LogP contribution in [-0.2, 0) is 0 Å². The summed E-state index contributed by atoms with van der Waals surface area (Å²) >= 11 is 5.32. The largest absolute Gasteiger partial charge is 0.508 e. The van der Waals surface area contributed by atoms with Crippen molar-refractivity contribution in [3.8, 4) is 11.5 Å². The monoisotopic (exact) mass is 460 g/mol. The Morgan fingerprint density at radius 3 is 2.57 bits per heavy atom. The first-order valence-corrected chi connectivity index (χ1v) is 7.65. The molecular formula is C14H10BrIN2O3. The van der Waals surface area contributed by atoms with Crippen molar-refractivity contribution in [1.29, 1.82) is 0 Å². The summed E-state index contributed by atoms with van der Waals surface area (Å²) in [5.41, 5.74) is 3.21. The van der Waals surface area contributed by atoms with Crippen molar-refractivity contribution in [2.75, 3.05) is 0 Å². The van der Waals surface area contributed by atoms with E-state index in [1.165, 1.54) is 30.5 Å². The Labute approximate surface area is 143 Å². The summed E-state index contributed by atoms with van der Waals surface area (Å²) in [7, 11) is 0. The average Bonchev–Trinajstić information content (AvgIpc) is 2.44. The SMILES string of the molecule is O=C(N/N=C\c1cc(Br)cc(I)c1O)c1ccc(O)cc1. The Morgan fingerprint density at radius 2 is 1.90 bits per heavy atom. The summed E-state index contributed by atoms with van der Waals surface area (Å²) < 4.78 is 1.48. The van der Waals surface area contributed by atoms with Gasteiger partial charge in [0.1, 0.15) is 11.5 Å². The van der Waals surface area contributed by atoms with Crippen LogP contribution in [0.2, 0.25) is 0 Å². The number of halogens is 2. The third-order valence-electron chi connectivity index (χ3n) is 2.56. The molecule has 0 aromatic heterocycles. The van der Waals surface area contributed by atoms with Crippen LogP contribution in [-0.4, -0.2) is 22.3 Å². The van der Waals surface area contributed by atoms with E-state index in [2.05, 4.69) is 26.5 Å². The highest BCUT2D eigenvalue weighted by molar-refractivity contribution is 14.1. The van der Waals surface area contributed by atoms with Crippen molar-refractivity contribution in [3.63, 3.8) is 0 Å². The molecule has 2 aromatic carbocycles. The summed E-state index contributed by atoms with van der Waals surface area (Å²) in [5.74, 6) is -0.222. The topological polar surface area (TPSA) is 81.9 Å². The number of aromatic hydroxyl groups is 2. The van der Waals surface area contributed by atoms with Gasteiger partial charge in [-0.25, -0.2) is 5.43 Å². The molecule has 0 aliphatic carbocycles. The van der Waals surface area contributed by atoms with Crippen LogP contribution >= 0.6 is 38.5 Å². The molecule has 0 atom stereocenters. The third-order valence-corrected chi connectivity index (χ3v) is 3.84. The molecule has 0 aliphatic heterocycles. The summed E-state index contributed by atoms with van der Waals surface area (Å²) in [6.07, 6.45) is 1.36. The van der Waals surface area contributed by atoms with Gasteiger partial charge >= 0.3 is 0 Å². The number of benzene rings is 2. The van der Waals surface area contributed by atoms with Crippen molar-refractivity contribution in [1.82, 2.24) is 5.43 Å². The van der Waals surface area contributed by atoms with E-state index in [1.807, 2.05) is 22.6 Å². The quantitative estimate of drug-likeness (QED) is 0.373. The fourth-order valence-corrected chi connectivity index (χ4v) is 3.07. The lowest BCUT2D eigenvalue weighted by Crippen LogP contribution is -2.17. The fraction of sp³-hybridized carbons (Fsp3) is 0. The van der Waals surface area contributed by atoms with Crippen LogP contribution in [0.1, 0.15) is 15.9 Å². The van der Waals surface area contributed by atoms with E-state index < -0.39 is 5.91 Å². The van der Waals surface area contributed by atoms with Gasteiger partial charge in [0.25, 0.3) is 5.91 Å². The van der Waals surface area contributed by atoms with Gasteiger partial charge in [-0.3, -0.25) is 4.79 Å². The predicted molar refractivity (Wildman–Crippen MR) is 91.7 cm³/mol. The van der Waals surface area contributed by atoms with Crippen molar-refractivity contribution >= 4 is 50.6 Å². The van der Waals surface area contributed by atoms with Gasteiger partial charge < -0.3 is 10.2 Å². The molecule has 0 aliphatic rings. The van der Waals surface area contributed by atoms with E-state index in [0.717, 1.165) is 4.47 Å². The van der Waals surface area contributed by atoms with Gasteiger partial charge in [0, 0.05) is 15.6 Å². The van der Waals surface area contributed by atoms with E-state index in [0.29, 0.717) is 14.7 Å². The van der Waals surface area contributed by atoms with Crippen LogP contribution in [0.25, 0.3) is 0 Å². The number of amides is 1. The van der Waals surface area contributed by atoms with Crippen LogP contribution < -0.4 is 5.43 Å². The minimum absolute atomic E-state index is 0.0867. The second-order valence-electron chi connectivity index (χ2n) is 4.07. The molecule has 3 N–H and O–H groups in total. The smallest absolute Gasteiger partial charge is 0.271 e. The van der Waals surface area contributed by atoms with E-state index >= 15 is 0 Å². The molecular weight excluding hydrogens is 451 g/mol. The van der Waals surface area contributed by atoms with E-state index in [4.69, 9.17) is 5.11 Å². The van der Waals surface area contributed by atoms with Gasteiger partial charge in [0.05, 0.1) is 9.78 Å². The van der Waals surface area contributed by atoms with Crippen LogP contribution in [0.5, 0.6) is 11.5 Å². The Kier molecular flexibility index (Phi) is 5.18. The fourth-order valence-electron chi connectivity index (χ4n) is 1.52. The van der Waals surface area contributed by atoms with Gasteiger partial charge in [-0.2, -0.15) is 5.10 Å². The molecule has 0 saturated carbocycles. The highest BCUT2D eigenvalue weighted by Crippen LogP contribution is 2.27. The number of hydrogen-bond acceptors (Lipinski definition) is 4. The average molecular weight is 461 g/mol.